The Kier molecular flexibility index (Phi) is 5.98. The van der Waals surface area contributed by atoms with E-state index in [9.17, 15) is 0 Å². The van der Waals surface area contributed by atoms with E-state index in [0.717, 1.165) is 60.6 Å². The molecule has 0 saturated carbocycles. The predicted octanol–water partition coefficient (Wildman–Crippen LogP) is 5.01. The third-order valence-electron chi connectivity index (χ3n) is 5.16. The molecule has 5 nitrogen and oxygen atoms in total. The lowest BCUT2D eigenvalue weighted by molar-refractivity contribution is 0.123. The number of nitrogens with zero attached hydrogens (tertiary/aromatic N) is 2. The van der Waals surface area contributed by atoms with Crippen molar-refractivity contribution in [2.75, 3.05) is 26.8 Å². The molecular weight excluding hydrogens is 372 g/mol. The molecule has 3 heterocycles. The summed E-state index contributed by atoms with van der Waals surface area (Å²) >= 11 is 1.66. The first-order valence-corrected chi connectivity index (χ1v) is 10.6. The zero-order chi connectivity index (χ0) is 19.3. The van der Waals surface area contributed by atoms with Gasteiger partial charge in [-0.15, -0.1) is 0 Å². The fraction of sp³-hybridized carbons (Fsp3) is 0.409. The zero-order valence-electron chi connectivity index (χ0n) is 16.4. The minimum atomic E-state index is 0.517. The minimum Gasteiger partial charge on any atom is -0.497 e. The summed E-state index contributed by atoms with van der Waals surface area (Å²) in [5, 5.41) is 4.12. The van der Waals surface area contributed by atoms with Gasteiger partial charge in [0, 0.05) is 36.0 Å². The van der Waals surface area contributed by atoms with Crippen molar-refractivity contribution in [3.05, 3.63) is 52.5 Å². The highest BCUT2D eigenvalue weighted by molar-refractivity contribution is 7.08. The molecule has 1 fully saturated rings. The van der Waals surface area contributed by atoms with Crippen LogP contribution in [-0.4, -0.2) is 36.7 Å². The van der Waals surface area contributed by atoms with Crippen LogP contribution in [0.2, 0.25) is 0 Å². The van der Waals surface area contributed by atoms with E-state index in [1.165, 1.54) is 12.8 Å². The summed E-state index contributed by atoms with van der Waals surface area (Å²) in [5.74, 6) is 3.85. The average molecular weight is 399 g/mol. The Morgan fingerprint density at radius 3 is 3.00 bits per heavy atom. The van der Waals surface area contributed by atoms with Gasteiger partial charge in [0.2, 0.25) is 5.89 Å². The summed E-state index contributed by atoms with van der Waals surface area (Å²) in [6, 6.07) is 9.85. The fourth-order valence-electron chi connectivity index (χ4n) is 3.63. The second-order valence-electron chi connectivity index (χ2n) is 7.27. The van der Waals surface area contributed by atoms with Crippen LogP contribution in [0.4, 0.5) is 0 Å². The van der Waals surface area contributed by atoms with Gasteiger partial charge >= 0.3 is 0 Å². The SMILES string of the molecule is COc1cccc(OC[C@@H]2CCCN(Cc3nc(-c4ccsc4)oc3C)C2)c1. The molecule has 1 aliphatic rings. The molecule has 0 bridgehead atoms. The molecule has 0 spiro atoms. The number of likely N-dealkylation sites (tertiary alicyclic amines) is 1. The maximum absolute atomic E-state index is 6.02. The largest absolute Gasteiger partial charge is 0.497 e. The molecule has 4 rings (SSSR count). The number of aromatic nitrogens is 1. The summed E-state index contributed by atoms with van der Waals surface area (Å²) in [4.78, 5) is 7.20. The second-order valence-corrected chi connectivity index (χ2v) is 8.05. The fourth-order valence-corrected chi connectivity index (χ4v) is 4.26. The molecule has 0 aliphatic carbocycles. The second kappa shape index (κ2) is 8.80. The van der Waals surface area contributed by atoms with Crippen LogP contribution in [0.1, 0.15) is 24.3 Å². The number of aryl methyl sites for hydroxylation is 1. The molecule has 1 aromatic carbocycles. The highest BCUT2D eigenvalue weighted by atomic mass is 32.1. The molecule has 0 N–H and O–H groups in total. The van der Waals surface area contributed by atoms with Crippen molar-refractivity contribution >= 4 is 11.3 Å². The van der Waals surface area contributed by atoms with Crippen molar-refractivity contribution in [1.29, 1.82) is 0 Å². The quantitative estimate of drug-likeness (QED) is 0.560. The average Bonchev–Trinajstić information content (AvgIpc) is 3.37. The molecule has 148 valence electrons. The van der Waals surface area contributed by atoms with E-state index in [4.69, 9.17) is 18.9 Å². The number of ether oxygens (including phenoxy) is 2. The molecule has 0 unspecified atom stereocenters. The minimum absolute atomic E-state index is 0.517. The smallest absolute Gasteiger partial charge is 0.227 e. The topological polar surface area (TPSA) is 47.7 Å². The van der Waals surface area contributed by atoms with E-state index in [-0.39, 0.29) is 0 Å². The third kappa shape index (κ3) is 4.56. The summed E-state index contributed by atoms with van der Waals surface area (Å²) in [6.45, 7) is 5.67. The van der Waals surface area contributed by atoms with Crippen LogP contribution in [0.5, 0.6) is 11.5 Å². The maximum atomic E-state index is 6.02. The molecular formula is C22H26N2O3S. The van der Waals surface area contributed by atoms with Crippen molar-refractivity contribution in [1.82, 2.24) is 9.88 Å². The van der Waals surface area contributed by atoms with Gasteiger partial charge in [0.15, 0.2) is 0 Å². The van der Waals surface area contributed by atoms with Gasteiger partial charge in [0.05, 0.1) is 19.4 Å². The van der Waals surface area contributed by atoms with Crippen LogP contribution in [0.3, 0.4) is 0 Å². The highest BCUT2D eigenvalue weighted by Gasteiger charge is 2.23. The van der Waals surface area contributed by atoms with E-state index < -0.39 is 0 Å². The number of rotatable bonds is 7. The Hall–Kier alpha value is -2.31. The van der Waals surface area contributed by atoms with Gasteiger partial charge in [-0.1, -0.05) is 6.07 Å². The Balaban J connectivity index is 1.34. The van der Waals surface area contributed by atoms with Gasteiger partial charge in [-0.05, 0) is 49.9 Å². The van der Waals surface area contributed by atoms with Gasteiger partial charge in [0.25, 0.3) is 0 Å². The predicted molar refractivity (Wildman–Crippen MR) is 111 cm³/mol. The van der Waals surface area contributed by atoms with Crippen LogP contribution in [0, 0.1) is 12.8 Å². The number of piperidine rings is 1. The van der Waals surface area contributed by atoms with Crippen LogP contribution >= 0.6 is 11.3 Å². The molecule has 0 amide bonds. The molecule has 2 aromatic heterocycles. The van der Waals surface area contributed by atoms with E-state index >= 15 is 0 Å². The van der Waals surface area contributed by atoms with Crippen molar-refractivity contribution in [2.24, 2.45) is 5.92 Å². The molecule has 1 saturated heterocycles. The van der Waals surface area contributed by atoms with E-state index in [1.54, 1.807) is 18.4 Å². The number of thiophene rings is 1. The van der Waals surface area contributed by atoms with Crippen LogP contribution in [-0.2, 0) is 6.54 Å². The third-order valence-corrected chi connectivity index (χ3v) is 5.85. The van der Waals surface area contributed by atoms with Crippen molar-refractivity contribution in [3.8, 4) is 23.0 Å². The van der Waals surface area contributed by atoms with Crippen LogP contribution < -0.4 is 9.47 Å². The number of hydrogen-bond donors (Lipinski definition) is 0. The van der Waals surface area contributed by atoms with Gasteiger partial charge in [-0.2, -0.15) is 11.3 Å². The molecule has 6 heteroatoms. The first-order valence-electron chi connectivity index (χ1n) is 9.69. The lowest BCUT2D eigenvalue weighted by Crippen LogP contribution is -2.37. The number of methoxy groups -OCH3 is 1. The van der Waals surface area contributed by atoms with Crippen molar-refractivity contribution in [3.63, 3.8) is 0 Å². The Labute approximate surface area is 169 Å². The molecule has 28 heavy (non-hydrogen) atoms. The monoisotopic (exact) mass is 398 g/mol. The lowest BCUT2D eigenvalue weighted by atomic mass is 9.99. The highest BCUT2D eigenvalue weighted by Crippen LogP contribution is 2.26. The maximum Gasteiger partial charge on any atom is 0.227 e. The number of oxazole rings is 1. The first kappa shape index (κ1) is 19.0. The summed E-state index contributed by atoms with van der Waals surface area (Å²) in [7, 11) is 1.67. The zero-order valence-corrected chi connectivity index (χ0v) is 17.2. The van der Waals surface area contributed by atoms with E-state index in [0.29, 0.717) is 5.92 Å². The summed E-state index contributed by atoms with van der Waals surface area (Å²) in [6.07, 6.45) is 2.37. The Morgan fingerprint density at radius 2 is 2.18 bits per heavy atom. The lowest BCUT2D eigenvalue weighted by Gasteiger charge is -2.32. The Morgan fingerprint density at radius 1 is 1.29 bits per heavy atom. The molecule has 0 radical (unpaired) electrons. The molecule has 1 aliphatic heterocycles. The Bertz CT molecular complexity index is 891. The number of hydrogen-bond acceptors (Lipinski definition) is 6. The van der Waals surface area contributed by atoms with E-state index in [1.807, 2.05) is 42.6 Å². The first-order chi connectivity index (χ1) is 13.7. The van der Waals surface area contributed by atoms with Crippen molar-refractivity contribution < 1.29 is 13.9 Å². The standard InChI is InChI=1S/C22H26N2O3S/c1-16-21(23-22(27-16)18-8-10-28-15-18)13-24-9-4-5-17(12-24)14-26-20-7-3-6-19(11-20)25-2/h3,6-8,10-11,15,17H,4-5,9,12-14H2,1-2H3/t17-/m1/s1. The van der Waals surface area contributed by atoms with Crippen LogP contribution in [0.15, 0.2) is 45.5 Å². The van der Waals surface area contributed by atoms with Gasteiger partial charge in [-0.3, -0.25) is 4.90 Å². The normalized spacial score (nSPS) is 17.6. The van der Waals surface area contributed by atoms with Crippen molar-refractivity contribution in [2.45, 2.75) is 26.3 Å². The summed E-state index contributed by atoms with van der Waals surface area (Å²) in [5.41, 5.74) is 2.10. The summed E-state index contributed by atoms with van der Waals surface area (Å²) < 4.78 is 17.2. The van der Waals surface area contributed by atoms with E-state index in [2.05, 4.69) is 10.3 Å². The van der Waals surface area contributed by atoms with Gasteiger partial charge in [0.1, 0.15) is 17.3 Å². The van der Waals surface area contributed by atoms with Gasteiger partial charge in [-0.25, -0.2) is 4.98 Å². The molecule has 3 aromatic rings. The van der Waals surface area contributed by atoms with Gasteiger partial charge < -0.3 is 13.9 Å². The number of benzene rings is 1. The molecule has 1 atom stereocenters. The van der Waals surface area contributed by atoms with Crippen LogP contribution in [0.25, 0.3) is 11.5 Å².